The van der Waals surface area contributed by atoms with Crippen LogP contribution < -0.4 is 0 Å². The van der Waals surface area contributed by atoms with Crippen molar-refractivity contribution in [3.8, 4) is 0 Å². The van der Waals surface area contributed by atoms with Crippen LogP contribution in [0.3, 0.4) is 0 Å². The maximum absolute atomic E-state index is 12.5. The number of aliphatic carboxylic acids is 1. The number of benzene rings is 1. The number of amides is 1. The summed E-state index contributed by atoms with van der Waals surface area (Å²) in [6.07, 6.45) is -0.420. The molecule has 2 rings (SSSR count). The molecule has 1 aromatic carbocycles. The van der Waals surface area contributed by atoms with Gasteiger partial charge in [-0.05, 0) is 25.1 Å². The van der Waals surface area contributed by atoms with Gasteiger partial charge in [0, 0.05) is 18.4 Å². The van der Waals surface area contributed by atoms with Crippen LogP contribution in [0.4, 0.5) is 0 Å². The van der Waals surface area contributed by atoms with Crippen molar-refractivity contribution in [3.63, 3.8) is 0 Å². The van der Waals surface area contributed by atoms with Gasteiger partial charge >= 0.3 is 5.97 Å². The van der Waals surface area contributed by atoms with Crippen LogP contribution in [0.1, 0.15) is 17.3 Å². The number of sulfone groups is 1. The molecule has 22 heavy (non-hydrogen) atoms. The second-order valence-electron chi connectivity index (χ2n) is 5.28. The summed E-state index contributed by atoms with van der Waals surface area (Å²) in [5.41, 5.74) is 0.209. The van der Waals surface area contributed by atoms with Gasteiger partial charge in [0.05, 0.1) is 17.5 Å². The zero-order valence-electron chi connectivity index (χ0n) is 12.2. The fourth-order valence-corrected chi connectivity index (χ4v) is 2.96. The third-order valence-corrected chi connectivity index (χ3v) is 4.44. The quantitative estimate of drug-likeness (QED) is 0.862. The summed E-state index contributed by atoms with van der Waals surface area (Å²) in [6, 6.07) is 5.71. The van der Waals surface area contributed by atoms with E-state index in [2.05, 4.69) is 0 Å². The topological polar surface area (TPSA) is 101 Å². The van der Waals surface area contributed by atoms with Crippen molar-refractivity contribution < 1.29 is 27.9 Å². The maximum atomic E-state index is 12.5. The third-order valence-electron chi connectivity index (χ3n) is 3.33. The highest BCUT2D eigenvalue weighted by molar-refractivity contribution is 7.90. The molecule has 120 valence electrons. The number of carbonyl (C=O) groups excluding carboxylic acids is 1. The van der Waals surface area contributed by atoms with Gasteiger partial charge in [-0.25, -0.2) is 13.2 Å². The van der Waals surface area contributed by atoms with Crippen LogP contribution in [-0.4, -0.2) is 61.9 Å². The number of morpholine rings is 1. The minimum absolute atomic E-state index is 0.0504. The molecule has 0 aromatic heterocycles. The first-order valence-corrected chi connectivity index (χ1v) is 8.55. The largest absolute Gasteiger partial charge is 0.479 e. The van der Waals surface area contributed by atoms with Crippen LogP contribution in [0.5, 0.6) is 0 Å². The van der Waals surface area contributed by atoms with Crippen molar-refractivity contribution in [1.82, 2.24) is 4.90 Å². The summed E-state index contributed by atoms with van der Waals surface area (Å²) in [5.74, 6) is -1.54. The Labute approximate surface area is 128 Å². The van der Waals surface area contributed by atoms with E-state index in [-0.39, 0.29) is 23.5 Å². The number of carbonyl (C=O) groups is 2. The minimum atomic E-state index is -3.41. The average Bonchev–Trinajstić information content (AvgIpc) is 2.45. The van der Waals surface area contributed by atoms with Crippen molar-refractivity contribution >= 4 is 21.7 Å². The van der Waals surface area contributed by atoms with Gasteiger partial charge in [-0.15, -0.1) is 0 Å². The third kappa shape index (κ3) is 3.63. The van der Waals surface area contributed by atoms with Gasteiger partial charge in [0.2, 0.25) is 0 Å². The van der Waals surface area contributed by atoms with E-state index < -0.39 is 33.9 Å². The molecule has 1 fully saturated rings. The van der Waals surface area contributed by atoms with Crippen molar-refractivity contribution in [1.29, 1.82) is 0 Å². The predicted molar refractivity (Wildman–Crippen MR) is 77.4 cm³/mol. The fourth-order valence-electron chi connectivity index (χ4n) is 2.30. The second-order valence-corrected chi connectivity index (χ2v) is 7.30. The molecule has 1 N–H and O–H groups in total. The lowest BCUT2D eigenvalue weighted by molar-refractivity contribution is -0.160. The van der Waals surface area contributed by atoms with E-state index in [0.717, 1.165) is 6.26 Å². The molecule has 8 heteroatoms. The molecule has 2 atom stereocenters. The summed E-state index contributed by atoms with van der Waals surface area (Å²) in [7, 11) is -3.41. The molecule has 1 amide bonds. The lowest BCUT2D eigenvalue weighted by Gasteiger charge is -2.35. The molecule has 0 bridgehead atoms. The molecule has 1 aromatic rings. The molecule has 0 saturated carbocycles. The molecule has 1 saturated heterocycles. The first kappa shape index (κ1) is 16.4. The van der Waals surface area contributed by atoms with Crippen LogP contribution in [0.15, 0.2) is 29.2 Å². The van der Waals surface area contributed by atoms with E-state index in [1.54, 1.807) is 6.92 Å². The highest BCUT2D eigenvalue weighted by Crippen LogP contribution is 2.17. The van der Waals surface area contributed by atoms with Crippen LogP contribution in [-0.2, 0) is 19.4 Å². The normalized spacial score (nSPS) is 22.4. The van der Waals surface area contributed by atoms with Crippen LogP contribution in [0, 0.1) is 0 Å². The van der Waals surface area contributed by atoms with Crippen molar-refractivity contribution in [3.05, 3.63) is 29.8 Å². The van der Waals surface area contributed by atoms with Crippen molar-refractivity contribution in [2.75, 3.05) is 19.3 Å². The van der Waals surface area contributed by atoms with Gasteiger partial charge in [0.25, 0.3) is 5.91 Å². The molecule has 0 spiro atoms. The highest BCUT2D eigenvalue weighted by Gasteiger charge is 2.33. The smallest absolute Gasteiger partial charge is 0.334 e. The maximum Gasteiger partial charge on any atom is 0.334 e. The van der Waals surface area contributed by atoms with Gasteiger partial charge in [-0.2, -0.15) is 0 Å². The van der Waals surface area contributed by atoms with Gasteiger partial charge < -0.3 is 14.7 Å². The lowest BCUT2D eigenvalue weighted by Crippen LogP contribution is -2.51. The van der Waals surface area contributed by atoms with Crippen LogP contribution in [0.2, 0.25) is 0 Å². The summed E-state index contributed by atoms with van der Waals surface area (Å²) >= 11 is 0. The fraction of sp³-hybridized carbons (Fsp3) is 0.429. The highest BCUT2D eigenvalue weighted by atomic mass is 32.2. The number of carboxylic acids is 1. The Morgan fingerprint density at radius 1 is 1.32 bits per heavy atom. The number of carboxylic acid groups (broad SMARTS) is 1. The first-order chi connectivity index (χ1) is 10.2. The van der Waals surface area contributed by atoms with E-state index >= 15 is 0 Å². The van der Waals surface area contributed by atoms with Crippen LogP contribution in [0.25, 0.3) is 0 Å². The number of rotatable bonds is 3. The molecule has 0 aliphatic carbocycles. The average molecular weight is 327 g/mol. The zero-order valence-corrected chi connectivity index (χ0v) is 13.0. The Morgan fingerprint density at radius 2 is 2.00 bits per heavy atom. The monoisotopic (exact) mass is 327 g/mol. The Balaban J connectivity index is 2.26. The number of hydrogen-bond donors (Lipinski definition) is 1. The van der Waals surface area contributed by atoms with Gasteiger partial charge in [-0.3, -0.25) is 4.79 Å². The molecule has 1 aliphatic rings. The van der Waals surface area contributed by atoms with E-state index in [1.165, 1.54) is 29.2 Å². The zero-order chi connectivity index (χ0) is 16.5. The van der Waals surface area contributed by atoms with Crippen LogP contribution >= 0.6 is 0 Å². The Morgan fingerprint density at radius 3 is 2.59 bits per heavy atom. The standard InChI is InChI=1S/C14H17NO6S/c1-9-7-15(8-12(21-9)14(17)18)13(16)10-4-3-5-11(6-10)22(2,19)20/h3-6,9,12H,7-8H2,1-2H3,(H,17,18)/t9-,12?/m1/s1. The molecule has 1 aliphatic heterocycles. The molecule has 1 unspecified atom stereocenters. The van der Waals surface area contributed by atoms with Gasteiger partial charge in [0.1, 0.15) is 0 Å². The number of ether oxygens (including phenoxy) is 1. The number of nitrogens with zero attached hydrogens (tertiary/aromatic N) is 1. The molecule has 1 heterocycles. The number of hydrogen-bond acceptors (Lipinski definition) is 5. The van der Waals surface area contributed by atoms with Crippen molar-refractivity contribution in [2.45, 2.75) is 24.0 Å². The summed E-state index contributed by atoms with van der Waals surface area (Å²) in [6.45, 7) is 1.87. The lowest BCUT2D eigenvalue weighted by atomic mass is 10.1. The van der Waals surface area contributed by atoms with E-state index in [0.29, 0.717) is 0 Å². The Bertz CT molecular complexity index is 699. The minimum Gasteiger partial charge on any atom is -0.479 e. The molecular formula is C14H17NO6S. The SMILES string of the molecule is C[C@@H]1CN(C(=O)c2cccc(S(C)(=O)=O)c2)CC(C(=O)O)O1. The molecule has 7 nitrogen and oxygen atoms in total. The van der Waals surface area contributed by atoms with Gasteiger partial charge in [0.15, 0.2) is 15.9 Å². The van der Waals surface area contributed by atoms with E-state index in [9.17, 15) is 18.0 Å². The predicted octanol–water partition coefficient (Wildman–Crippen LogP) is 0.404. The van der Waals surface area contributed by atoms with Crippen molar-refractivity contribution in [2.24, 2.45) is 0 Å². The Hall–Kier alpha value is -1.93. The molecular weight excluding hydrogens is 310 g/mol. The summed E-state index contributed by atoms with van der Waals surface area (Å²) in [4.78, 5) is 24.9. The summed E-state index contributed by atoms with van der Waals surface area (Å²) < 4.78 is 28.4. The Kier molecular flexibility index (Phi) is 4.52. The van der Waals surface area contributed by atoms with Gasteiger partial charge in [-0.1, -0.05) is 6.07 Å². The molecule has 0 radical (unpaired) electrons. The second kappa shape index (κ2) is 6.05. The summed E-state index contributed by atoms with van der Waals surface area (Å²) in [5, 5.41) is 9.03. The first-order valence-electron chi connectivity index (χ1n) is 6.66. The van der Waals surface area contributed by atoms with E-state index in [4.69, 9.17) is 9.84 Å². The van der Waals surface area contributed by atoms with E-state index in [1.807, 2.05) is 0 Å².